The van der Waals surface area contributed by atoms with Crippen LogP contribution in [0.3, 0.4) is 0 Å². The molecule has 0 saturated carbocycles. The van der Waals surface area contributed by atoms with Crippen LogP contribution in [0, 0.1) is 0 Å². The summed E-state index contributed by atoms with van der Waals surface area (Å²) in [5.74, 6) is 2.69. The van der Waals surface area contributed by atoms with E-state index in [1.807, 2.05) is 29.2 Å². The van der Waals surface area contributed by atoms with Crippen molar-refractivity contribution in [2.45, 2.75) is 13.3 Å². The van der Waals surface area contributed by atoms with Gasteiger partial charge in [0.1, 0.15) is 17.3 Å². The van der Waals surface area contributed by atoms with Crippen molar-refractivity contribution in [2.24, 2.45) is 0 Å². The van der Waals surface area contributed by atoms with Crippen LogP contribution >= 0.6 is 0 Å². The van der Waals surface area contributed by atoms with Crippen molar-refractivity contribution in [1.29, 1.82) is 0 Å². The van der Waals surface area contributed by atoms with Gasteiger partial charge in [-0.25, -0.2) is 0 Å². The van der Waals surface area contributed by atoms with Gasteiger partial charge in [0.15, 0.2) is 11.3 Å². The summed E-state index contributed by atoms with van der Waals surface area (Å²) in [6, 6.07) is 15.2. The lowest BCUT2D eigenvalue weighted by Crippen LogP contribution is -2.36. The Labute approximate surface area is 175 Å². The average molecular weight is 404 g/mol. The Balaban J connectivity index is 1.53. The van der Waals surface area contributed by atoms with Crippen LogP contribution in [0.15, 0.2) is 57.7 Å². The van der Waals surface area contributed by atoms with E-state index in [1.165, 1.54) is 6.07 Å². The Morgan fingerprint density at radius 1 is 1.03 bits per heavy atom. The monoisotopic (exact) mass is 404 g/mol. The Morgan fingerprint density at radius 3 is 2.73 bits per heavy atom. The first-order valence-electron chi connectivity index (χ1n) is 10.4. The molecule has 1 fully saturated rings. The zero-order valence-corrected chi connectivity index (χ0v) is 16.9. The number of ether oxygens (including phenoxy) is 2. The predicted octanol–water partition coefficient (Wildman–Crippen LogP) is 4.27. The highest BCUT2D eigenvalue weighted by Crippen LogP contribution is 2.43. The van der Waals surface area contributed by atoms with Gasteiger partial charge in [-0.1, -0.05) is 12.1 Å². The standard InChI is InChI=1S/C24H24N2O4/c1-2-25-18-6-7-21-17(13-18)12-16-4-3-5-20(24(16)30-21)22-14-19(27)15-23(29-22)26-8-10-28-11-9-26/h3-7,13-15,25H,2,8-12H2,1H3. The van der Waals surface area contributed by atoms with Crippen LogP contribution in [0.25, 0.3) is 11.3 Å². The molecule has 2 aliphatic heterocycles. The second-order valence-corrected chi connectivity index (χ2v) is 7.52. The Morgan fingerprint density at radius 2 is 1.90 bits per heavy atom. The van der Waals surface area contributed by atoms with Gasteiger partial charge in [0.2, 0.25) is 0 Å². The number of hydrogen-bond donors (Lipinski definition) is 1. The molecule has 30 heavy (non-hydrogen) atoms. The van der Waals surface area contributed by atoms with Gasteiger partial charge in [-0.3, -0.25) is 4.79 Å². The minimum atomic E-state index is -0.0816. The highest BCUT2D eigenvalue weighted by Gasteiger charge is 2.23. The molecule has 6 nitrogen and oxygen atoms in total. The first-order valence-corrected chi connectivity index (χ1v) is 10.4. The number of nitrogens with one attached hydrogen (secondary N) is 1. The van der Waals surface area contributed by atoms with E-state index in [4.69, 9.17) is 13.9 Å². The van der Waals surface area contributed by atoms with Crippen molar-refractivity contribution < 1.29 is 13.9 Å². The van der Waals surface area contributed by atoms with Gasteiger partial charge in [-0.2, -0.15) is 0 Å². The van der Waals surface area contributed by atoms with E-state index in [1.54, 1.807) is 6.07 Å². The molecular formula is C24H24N2O4. The molecule has 0 spiro atoms. The molecule has 2 aliphatic rings. The number of para-hydroxylation sites is 1. The number of nitrogens with zero attached hydrogens (tertiary/aromatic N) is 1. The van der Waals surface area contributed by atoms with Crippen molar-refractivity contribution in [3.63, 3.8) is 0 Å². The maximum atomic E-state index is 12.4. The smallest absolute Gasteiger partial charge is 0.200 e. The lowest BCUT2D eigenvalue weighted by molar-refractivity contribution is 0.120. The molecule has 6 heteroatoms. The number of morpholine rings is 1. The van der Waals surface area contributed by atoms with Gasteiger partial charge in [0.25, 0.3) is 0 Å². The Bertz CT molecular complexity index is 1130. The highest BCUT2D eigenvalue weighted by atomic mass is 16.5. The molecule has 5 rings (SSSR count). The lowest BCUT2D eigenvalue weighted by Gasteiger charge is -2.27. The molecule has 0 unspecified atom stereocenters. The lowest BCUT2D eigenvalue weighted by atomic mass is 9.96. The molecule has 0 bridgehead atoms. The fraction of sp³-hybridized carbons (Fsp3) is 0.292. The normalized spacial score (nSPS) is 15.2. The van der Waals surface area contributed by atoms with Gasteiger partial charge in [-0.15, -0.1) is 0 Å². The second-order valence-electron chi connectivity index (χ2n) is 7.52. The van der Waals surface area contributed by atoms with E-state index in [0.717, 1.165) is 46.8 Å². The summed E-state index contributed by atoms with van der Waals surface area (Å²) in [5.41, 5.74) is 4.02. The SMILES string of the molecule is CCNc1ccc2c(c1)Cc1cccc(-c3cc(=O)cc(N4CCOCC4)o3)c1O2. The summed E-state index contributed by atoms with van der Waals surface area (Å²) in [5, 5.41) is 3.34. The molecule has 1 aromatic heterocycles. The number of fused-ring (bicyclic) bond motifs is 2. The van der Waals surface area contributed by atoms with Crippen LogP contribution in [0.4, 0.5) is 11.6 Å². The molecule has 3 heterocycles. The molecule has 0 amide bonds. The topological polar surface area (TPSA) is 63.9 Å². The van der Waals surface area contributed by atoms with E-state index in [2.05, 4.69) is 24.4 Å². The van der Waals surface area contributed by atoms with E-state index < -0.39 is 0 Å². The third kappa shape index (κ3) is 3.55. The molecular weight excluding hydrogens is 380 g/mol. The van der Waals surface area contributed by atoms with Crippen LogP contribution in [0.2, 0.25) is 0 Å². The van der Waals surface area contributed by atoms with Crippen LogP contribution in [-0.2, 0) is 11.2 Å². The van der Waals surface area contributed by atoms with Gasteiger partial charge in [-0.05, 0) is 31.2 Å². The Hall–Kier alpha value is -3.25. The van der Waals surface area contributed by atoms with Crippen molar-refractivity contribution in [3.8, 4) is 22.8 Å². The summed E-state index contributed by atoms with van der Waals surface area (Å²) in [6.45, 7) is 5.62. The largest absolute Gasteiger partial charge is 0.456 e. The first kappa shape index (κ1) is 18.8. The van der Waals surface area contributed by atoms with Gasteiger partial charge < -0.3 is 24.1 Å². The molecule has 0 radical (unpaired) electrons. The maximum Gasteiger partial charge on any atom is 0.200 e. The third-order valence-corrected chi connectivity index (χ3v) is 5.47. The number of benzene rings is 2. The molecule has 154 valence electrons. The van der Waals surface area contributed by atoms with E-state index in [9.17, 15) is 4.79 Å². The van der Waals surface area contributed by atoms with Gasteiger partial charge >= 0.3 is 0 Å². The second kappa shape index (κ2) is 7.88. The summed E-state index contributed by atoms with van der Waals surface area (Å²) < 4.78 is 17.9. The Kier molecular flexibility index (Phi) is 4.93. The molecule has 2 aromatic carbocycles. The minimum Gasteiger partial charge on any atom is -0.456 e. The van der Waals surface area contributed by atoms with Crippen molar-refractivity contribution in [1.82, 2.24) is 0 Å². The van der Waals surface area contributed by atoms with E-state index in [0.29, 0.717) is 37.9 Å². The average Bonchev–Trinajstić information content (AvgIpc) is 2.77. The molecule has 0 atom stereocenters. The van der Waals surface area contributed by atoms with Gasteiger partial charge in [0, 0.05) is 55.0 Å². The van der Waals surface area contributed by atoms with Crippen molar-refractivity contribution in [2.75, 3.05) is 43.1 Å². The number of rotatable bonds is 4. The summed E-state index contributed by atoms with van der Waals surface area (Å²) >= 11 is 0. The quantitative estimate of drug-likeness (QED) is 0.548. The van der Waals surface area contributed by atoms with Crippen LogP contribution in [0.1, 0.15) is 18.1 Å². The fourth-order valence-electron chi connectivity index (χ4n) is 4.02. The maximum absolute atomic E-state index is 12.4. The third-order valence-electron chi connectivity index (χ3n) is 5.47. The summed E-state index contributed by atoms with van der Waals surface area (Å²) in [6.07, 6.45) is 0.769. The summed E-state index contributed by atoms with van der Waals surface area (Å²) in [7, 11) is 0. The number of hydrogen-bond acceptors (Lipinski definition) is 6. The molecule has 1 saturated heterocycles. The first-order chi connectivity index (χ1) is 14.7. The van der Waals surface area contributed by atoms with Crippen molar-refractivity contribution in [3.05, 3.63) is 69.9 Å². The molecule has 1 N–H and O–H groups in total. The zero-order chi connectivity index (χ0) is 20.5. The van der Waals surface area contributed by atoms with Crippen LogP contribution < -0.4 is 20.4 Å². The fourth-order valence-corrected chi connectivity index (χ4v) is 4.02. The van der Waals surface area contributed by atoms with Crippen LogP contribution in [0.5, 0.6) is 11.5 Å². The van der Waals surface area contributed by atoms with E-state index in [-0.39, 0.29) is 5.43 Å². The predicted molar refractivity (Wildman–Crippen MR) is 117 cm³/mol. The minimum absolute atomic E-state index is 0.0816. The summed E-state index contributed by atoms with van der Waals surface area (Å²) in [4.78, 5) is 14.5. The van der Waals surface area contributed by atoms with Gasteiger partial charge in [0.05, 0.1) is 18.8 Å². The van der Waals surface area contributed by atoms with Crippen LogP contribution in [-0.4, -0.2) is 32.8 Å². The van der Waals surface area contributed by atoms with Crippen molar-refractivity contribution >= 4 is 11.6 Å². The molecule has 0 aliphatic carbocycles. The van der Waals surface area contributed by atoms with E-state index >= 15 is 0 Å². The number of anilines is 2. The highest BCUT2D eigenvalue weighted by molar-refractivity contribution is 5.71. The molecule has 3 aromatic rings. The zero-order valence-electron chi connectivity index (χ0n) is 16.9.